The Morgan fingerprint density at radius 1 is 0.565 bits per heavy atom. The lowest BCUT2D eigenvalue weighted by atomic mass is 9.75. The van der Waals surface area contributed by atoms with Crippen LogP contribution in [0, 0.1) is 41.4 Å². The van der Waals surface area contributed by atoms with E-state index in [1.54, 1.807) is 44.2 Å². The molecule has 0 aliphatic carbocycles. The largest absolute Gasteiger partial charge is 0.481 e. The first-order valence-electron chi connectivity index (χ1n) is 41.2. The van der Waals surface area contributed by atoms with Gasteiger partial charge in [0.1, 0.15) is 36.8 Å². The first-order valence-corrected chi connectivity index (χ1v) is 41.6. The number of unbranched alkanes of at least 4 members (excludes halogenated alkanes) is 16. The van der Waals surface area contributed by atoms with E-state index in [0.717, 1.165) is 125 Å². The molecule has 4 aromatic rings. The molecule has 632 valence electrons. The molecule has 23 heteroatoms. The van der Waals surface area contributed by atoms with Crippen LogP contribution in [-0.4, -0.2) is 161 Å². The van der Waals surface area contributed by atoms with Crippen LogP contribution >= 0.6 is 12.2 Å². The summed E-state index contributed by atoms with van der Waals surface area (Å²) in [5.74, 6) is 3.08. The number of hydrogen-bond donors (Lipinski definition) is 6. The Hall–Kier alpha value is -8.49. The first kappa shape index (κ1) is 97.1. The van der Waals surface area contributed by atoms with Gasteiger partial charge in [-0.25, -0.2) is 14.4 Å². The molecule has 0 radical (unpaired) electrons. The number of carbonyl (C=O) groups excluding carboxylic acids is 4. The smallest absolute Gasteiger partial charge is 0.336 e. The quantitative estimate of drug-likeness (QED) is 0.00787. The molecule has 0 saturated carbocycles. The van der Waals surface area contributed by atoms with Gasteiger partial charge >= 0.3 is 23.9 Å². The molecule has 3 fully saturated rings. The zero-order valence-electron chi connectivity index (χ0n) is 69.6. The first-order chi connectivity index (χ1) is 55.2. The molecule has 3 heterocycles. The standard InChI is InChI=1S/C41H57NO7S.C37H55NO9.C14H17NO3/c1-5-6-7-11-20-27-40(47-29-30-48-40)28-21-12-9-8-10-19-26-34(39(4,46)37(44)45)36(43)42-35(31(2)3)41(49-38(42)50,32-22-15-13-16-23-32)33-24-17-14-18-25-33;1-5-7-9-13-16-23-37(46-26-27-47-37)24-17-14-11-10-12-15-18-31(36(3,43)35(41)42)33(39)38-32(34(40)44-4)28-29-19-21-30(22-20-29)45-25-8-6-2;1-3-4-9-18-12-7-5-11(6-8-12)10-13(15)14(16)17-2/h13-19,22-26,31,34-35,46H,5-12,20-21,27-30H2,1-4H3,(H,44,45);15,18-22,31-32,43H,5,7,9-14,16-17,23-28H2,1-4H3,(H,38,39)(H,41,42);5-8,13H,9-10,15H2,1-2H3/b26-19+;18-15+;/t34-,35+,39+;31-,32+,36+;13-/m110/s1. The second-order valence-electron chi connectivity index (χ2n) is 30.2. The number of aliphatic hydroxyl groups is 2. The Kier molecular flexibility index (Phi) is 43.5. The number of carboxylic acid groups (broad SMARTS) is 2. The van der Waals surface area contributed by atoms with Crippen LogP contribution < -0.4 is 20.5 Å². The number of benzene rings is 4. The topological polar surface area (TPSA) is 308 Å². The van der Waals surface area contributed by atoms with Crippen molar-refractivity contribution in [2.24, 2.45) is 23.5 Å². The highest BCUT2D eigenvalue weighted by molar-refractivity contribution is 7.80. The van der Waals surface area contributed by atoms with Gasteiger partial charge in [0.05, 0.1) is 58.5 Å². The van der Waals surface area contributed by atoms with Gasteiger partial charge < -0.3 is 74.1 Å². The number of nitrogens with one attached hydrogen (secondary N) is 1. The number of esters is 2. The molecule has 0 unspecified atom stereocenters. The van der Waals surface area contributed by atoms with Crippen molar-refractivity contribution in [2.75, 3.05) is 53.9 Å². The summed E-state index contributed by atoms with van der Waals surface area (Å²) in [6, 6.07) is 31.3. The van der Waals surface area contributed by atoms with Gasteiger partial charge in [-0.1, -0.05) is 226 Å². The van der Waals surface area contributed by atoms with Crippen LogP contribution in [0.2, 0.25) is 0 Å². The number of amides is 2. The van der Waals surface area contributed by atoms with Crippen LogP contribution in [0.5, 0.6) is 11.5 Å². The highest BCUT2D eigenvalue weighted by Gasteiger charge is 2.60. The summed E-state index contributed by atoms with van der Waals surface area (Å²) >= 11 is 5.76. The Morgan fingerprint density at radius 3 is 1.33 bits per heavy atom. The predicted octanol–water partition coefficient (Wildman–Crippen LogP) is 15.4. The number of nitrogens with two attached hydrogens (primary N) is 1. The number of ether oxygens (including phenoxy) is 9. The van der Waals surface area contributed by atoms with E-state index in [1.165, 1.54) is 89.6 Å². The lowest BCUT2D eigenvalue weighted by Crippen LogP contribution is -2.55. The minimum Gasteiger partial charge on any atom is -0.481 e. The minimum absolute atomic E-state index is 0.0463. The average Bonchev–Trinajstić information content (AvgIpc) is 1.65. The van der Waals surface area contributed by atoms with Crippen molar-refractivity contribution < 1.29 is 91.8 Å². The number of aliphatic carboxylic acids is 2. The molecular formula is C92H129N3O19S. The highest BCUT2D eigenvalue weighted by atomic mass is 32.1. The maximum atomic E-state index is 14.5. The Balaban J connectivity index is 0.000000339. The summed E-state index contributed by atoms with van der Waals surface area (Å²) in [4.78, 5) is 77.3. The summed E-state index contributed by atoms with van der Waals surface area (Å²) in [6.45, 7) is 17.4. The van der Waals surface area contributed by atoms with E-state index < -0.39 is 94.0 Å². The van der Waals surface area contributed by atoms with Gasteiger partial charge in [-0.2, -0.15) is 0 Å². The van der Waals surface area contributed by atoms with Crippen LogP contribution in [0.3, 0.4) is 0 Å². The lowest BCUT2D eigenvalue weighted by molar-refractivity contribution is -0.169. The number of rotatable bonds is 48. The number of nitrogens with zero attached hydrogens (tertiary/aromatic N) is 1. The fourth-order valence-electron chi connectivity index (χ4n) is 14.4. The molecule has 22 nitrogen and oxygen atoms in total. The van der Waals surface area contributed by atoms with E-state index in [1.807, 2.05) is 105 Å². The molecule has 3 saturated heterocycles. The predicted molar refractivity (Wildman–Crippen MR) is 448 cm³/mol. The molecule has 3 aliphatic rings. The molecule has 0 aromatic heterocycles. The lowest BCUT2D eigenvalue weighted by Gasteiger charge is -2.39. The van der Waals surface area contributed by atoms with Gasteiger partial charge in [-0.15, -0.1) is 11.8 Å². The van der Waals surface area contributed by atoms with Gasteiger partial charge in [0.25, 0.3) is 5.17 Å². The number of allylic oxidation sites excluding steroid dienone is 2. The van der Waals surface area contributed by atoms with Crippen LogP contribution in [0.15, 0.2) is 133 Å². The molecule has 4 aromatic carbocycles. The summed E-state index contributed by atoms with van der Waals surface area (Å²) in [7, 11) is 2.54. The molecule has 7 atom stereocenters. The van der Waals surface area contributed by atoms with E-state index >= 15 is 0 Å². The van der Waals surface area contributed by atoms with Crippen molar-refractivity contribution >= 4 is 53.1 Å². The van der Waals surface area contributed by atoms with Gasteiger partial charge in [0.2, 0.25) is 11.8 Å². The summed E-state index contributed by atoms with van der Waals surface area (Å²) in [5, 5.41) is 44.3. The third kappa shape index (κ3) is 31.1. The van der Waals surface area contributed by atoms with E-state index in [-0.39, 0.29) is 24.1 Å². The number of carboxylic acids is 2. The monoisotopic (exact) mass is 1610 g/mol. The molecular weight excluding hydrogens is 1480 g/mol. The number of methoxy groups -OCH3 is 2. The third-order valence-electron chi connectivity index (χ3n) is 21.0. The fourth-order valence-corrected chi connectivity index (χ4v) is 14.8. The normalized spacial score (nSPS) is 17.3. The molecule has 0 bridgehead atoms. The average molecular weight is 1610 g/mol. The van der Waals surface area contributed by atoms with E-state index in [2.05, 4.69) is 47.6 Å². The van der Waals surface area contributed by atoms with Crippen LogP contribution in [-0.2, 0) is 80.4 Å². The fraction of sp³-hybridized carbons (Fsp3) is 0.576. The zero-order chi connectivity index (χ0) is 84.1. The Bertz CT molecular complexity index is 3720. The van der Waals surface area contributed by atoms with Crippen molar-refractivity contribution in [1.29, 1.82) is 0 Å². The Labute approximate surface area is 688 Å². The molecule has 2 amide bonds. The maximum absolute atomic E-state index is 14.5. The molecule has 3 aliphatic heterocycles. The SMILES string of the molecule is CC#CCOc1ccc(C[C@H](N)C(=O)OC)cc1.CC#CCOc1ccc(C[C@H](NC(=O)[C@@H](/C=C/CCCCCCC2(CCCCCCC)OCCO2)[C@](C)(O)C(=O)O)C(=O)OC)cc1.CCCCCCCC1(CCCCCC/C=C/[C@H](C(=O)N2C(=S)OC(c3ccccc3)(c3ccccc3)[C@@H]2C(C)C)[C@](C)(O)C(=O)O)OCCO1. The maximum Gasteiger partial charge on any atom is 0.336 e. The van der Waals surface area contributed by atoms with Gasteiger partial charge in [-0.3, -0.25) is 19.3 Å². The third-order valence-corrected chi connectivity index (χ3v) is 21.3. The molecule has 115 heavy (non-hydrogen) atoms. The van der Waals surface area contributed by atoms with Crippen molar-refractivity contribution in [3.63, 3.8) is 0 Å². The Morgan fingerprint density at radius 2 is 0.948 bits per heavy atom. The van der Waals surface area contributed by atoms with Crippen LogP contribution in [0.4, 0.5) is 0 Å². The molecule has 0 spiro atoms. The van der Waals surface area contributed by atoms with E-state index in [0.29, 0.717) is 58.0 Å². The second-order valence-corrected chi connectivity index (χ2v) is 30.6. The van der Waals surface area contributed by atoms with E-state index in [4.69, 9.17) is 55.8 Å². The van der Waals surface area contributed by atoms with Crippen molar-refractivity contribution in [3.05, 3.63) is 156 Å². The number of thiocarbonyl (C=S) groups is 1. The van der Waals surface area contributed by atoms with Gasteiger partial charge in [0.15, 0.2) is 28.4 Å². The summed E-state index contributed by atoms with van der Waals surface area (Å²) < 4.78 is 51.1. The zero-order valence-corrected chi connectivity index (χ0v) is 70.5. The van der Waals surface area contributed by atoms with Crippen molar-refractivity contribution in [2.45, 2.75) is 269 Å². The van der Waals surface area contributed by atoms with E-state index in [9.17, 15) is 49.2 Å². The molecule has 7 rings (SSSR count). The number of hydrogen-bond acceptors (Lipinski definition) is 19. The second kappa shape index (κ2) is 51.6. The van der Waals surface area contributed by atoms with Gasteiger partial charge in [0, 0.05) is 43.2 Å². The number of carbonyl (C=O) groups is 6. The molecule has 7 N–H and O–H groups in total. The summed E-state index contributed by atoms with van der Waals surface area (Å²) in [5.41, 5.74) is 3.10. The van der Waals surface area contributed by atoms with Crippen molar-refractivity contribution in [1.82, 2.24) is 10.2 Å². The van der Waals surface area contributed by atoms with Crippen LogP contribution in [0.25, 0.3) is 0 Å². The minimum atomic E-state index is -2.40. The summed E-state index contributed by atoms with van der Waals surface area (Å²) in [6.07, 6.45) is 31.6. The van der Waals surface area contributed by atoms with Gasteiger partial charge in [-0.05, 0) is 139 Å². The van der Waals surface area contributed by atoms with Crippen molar-refractivity contribution in [3.8, 4) is 35.2 Å². The highest BCUT2D eigenvalue weighted by Crippen LogP contribution is 2.48. The van der Waals surface area contributed by atoms with Crippen LogP contribution in [0.1, 0.15) is 232 Å².